The Balaban J connectivity index is 1.32. The largest absolute Gasteiger partial charge is 0.467 e. The van der Waals surface area contributed by atoms with E-state index < -0.39 is 0 Å². The van der Waals surface area contributed by atoms with Crippen LogP contribution in [0, 0.1) is 0 Å². The number of rotatable bonds is 7. The molecule has 3 aromatic heterocycles. The van der Waals surface area contributed by atoms with Crippen molar-refractivity contribution < 1.29 is 8.83 Å². The number of thioether (sulfide) groups is 1. The molecule has 7 nitrogen and oxygen atoms in total. The summed E-state index contributed by atoms with van der Waals surface area (Å²) in [5, 5.41) is 17.9. The van der Waals surface area contributed by atoms with E-state index >= 15 is 0 Å². The van der Waals surface area contributed by atoms with Crippen LogP contribution in [0.15, 0.2) is 61.1 Å². The highest BCUT2D eigenvalue weighted by Crippen LogP contribution is 2.40. The minimum absolute atomic E-state index is 0.504. The number of aromatic nitrogens is 5. The Morgan fingerprint density at radius 2 is 1.93 bits per heavy atom. The lowest BCUT2D eigenvalue weighted by molar-refractivity contribution is 0.478. The van der Waals surface area contributed by atoms with Gasteiger partial charge in [0.05, 0.1) is 18.6 Å². The van der Waals surface area contributed by atoms with Crippen molar-refractivity contribution in [1.82, 2.24) is 25.0 Å². The first-order valence-electron chi connectivity index (χ1n) is 8.93. The second kappa shape index (κ2) is 7.56. The number of halogens is 1. The molecule has 1 fully saturated rings. The zero-order valence-electron chi connectivity index (χ0n) is 14.8. The van der Waals surface area contributed by atoms with Gasteiger partial charge in [-0.05, 0) is 49.2 Å². The molecule has 1 aliphatic carbocycles. The van der Waals surface area contributed by atoms with Crippen LogP contribution in [0.3, 0.4) is 0 Å². The molecular formula is C19H16BrN5O2S. The fourth-order valence-corrected chi connectivity index (χ4v) is 3.95. The van der Waals surface area contributed by atoms with Crippen molar-refractivity contribution in [2.75, 3.05) is 0 Å². The van der Waals surface area contributed by atoms with Crippen LogP contribution in [0.2, 0.25) is 0 Å². The molecule has 0 atom stereocenters. The van der Waals surface area contributed by atoms with Crippen LogP contribution in [-0.4, -0.2) is 25.0 Å². The van der Waals surface area contributed by atoms with Crippen molar-refractivity contribution in [2.24, 2.45) is 0 Å². The molecule has 1 aliphatic rings. The monoisotopic (exact) mass is 457 g/mol. The molecule has 5 rings (SSSR count). The maximum atomic E-state index is 5.81. The molecule has 142 valence electrons. The smallest absolute Gasteiger partial charge is 0.247 e. The minimum atomic E-state index is 0.504. The number of furan rings is 1. The summed E-state index contributed by atoms with van der Waals surface area (Å²) in [6.07, 6.45) is 4.02. The SMILES string of the molecule is Brc1ccc(-c2nnc(CSc3nnc(C4CC4)n3Cc3ccco3)o2)cc1. The van der Waals surface area contributed by atoms with Crippen molar-refractivity contribution >= 4 is 27.7 Å². The standard InChI is InChI=1S/C19H16BrN5O2S/c20-14-7-5-13(6-8-14)18-23-21-16(27-18)11-28-19-24-22-17(12-3-4-12)25(19)10-15-2-1-9-26-15/h1-2,5-9,12H,3-4,10-11H2. The summed E-state index contributed by atoms with van der Waals surface area (Å²) in [7, 11) is 0. The van der Waals surface area contributed by atoms with Gasteiger partial charge in [0.25, 0.3) is 0 Å². The van der Waals surface area contributed by atoms with Gasteiger partial charge in [-0.25, -0.2) is 0 Å². The maximum absolute atomic E-state index is 5.81. The lowest BCUT2D eigenvalue weighted by atomic mass is 10.2. The first kappa shape index (κ1) is 17.7. The first-order chi connectivity index (χ1) is 13.8. The van der Waals surface area contributed by atoms with Gasteiger partial charge < -0.3 is 8.83 Å². The molecule has 0 unspecified atom stereocenters. The van der Waals surface area contributed by atoms with Crippen LogP contribution in [0.25, 0.3) is 11.5 Å². The van der Waals surface area contributed by atoms with Crippen LogP contribution in [0.4, 0.5) is 0 Å². The third-order valence-corrected chi connectivity index (χ3v) is 5.94. The summed E-state index contributed by atoms with van der Waals surface area (Å²) in [4.78, 5) is 0. The molecule has 0 saturated heterocycles. The van der Waals surface area contributed by atoms with Crippen molar-refractivity contribution in [1.29, 1.82) is 0 Å². The summed E-state index contributed by atoms with van der Waals surface area (Å²) in [6.45, 7) is 0.627. The molecule has 0 radical (unpaired) electrons. The quantitative estimate of drug-likeness (QED) is 0.364. The highest BCUT2D eigenvalue weighted by atomic mass is 79.9. The van der Waals surface area contributed by atoms with Crippen molar-refractivity contribution in [3.05, 3.63) is 64.6 Å². The van der Waals surface area contributed by atoms with Crippen LogP contribution in [-0.2, 0) is 12.3 Å². The Morgan fingerprint density at radius 3 is 2.68 bits per heavy atom. The topological polar surface area (TPSA) is 82.8 Å². The molecule has 0 spiro atoms. The first-order valence-corrected chi connectivity index (χ1v) is 10.7. The van der Waals surface area contributed by atoms with Gasteiger partial charge in [-0.15, -0.1) is 20.4 Å². The third kappa shape index (κ3) is 3.77. The Labute approximate surface area is 173 Å². The van der Waals surface area contributed by atoms with Gasteiger partial charge in [0.1, 0.15) is 11.6 Å². The minimum Gasteiger partial charge on any atom is -0.467 e. The molecule has 9 heteroatoms. The fraction of sp³-hybridized carbons (Fsp3) is 0.263. The lowest BCUT2D eigenvalue weighted by Gasteiger charge is -2.07. The molecular weight excluding hydrogens is 442 g/mol. The third-order valence-electron chi connectivity index (χ3n) is 4.46. The van der Waals surface area contributed by atoms with Crippen LogP contribution in [0.5, 0.6) is 0 Å². The molecule has 3 heterocycles. The summed E-state index contributed by atoms with van der Waals surface area (Å²) in [5.41, 5.74) is 0.893. The van der Waals surface area contributed by atoms with E-state index in [1.54, 1.807) is 18.0 Å². The normalized spacial score (nSPS) is 13.9. The summed E-state index contributed by atoms with van der Waals surface area (Å²) in [6, 6.07) is 11.6. The molecule has 1 aromatic carbocycles. The predicted molar refractivity (Wildman–Crippen MR) is 107 cm³/mol. The zero-order valence-corrected chi connectivity index (χ0v) is 17.2. The molecule has 0 N–H and O–H groups in total. The molecule has 0 amide bonds. The Kier molecular flexibility index (Phi) is 4.77. The number of nitrogens with zero attached hydrogens (tertiary/aromatic N) is 5. The molecule has 0 aliphatic heterocycles. The summed E-state index contributed by atoms with van der Waals surface area (Å²) < 4.78 is 14.5. The van der Waals surface area contributed by atoms with Gasteiger partial charge in [0, 0.05) is 16.0 Å². The van der Waals surface area contributed by atoms with E-state index in [2.05, 4.69) is 40.9 Å². The van der Waals surface area contributed by atoms with E-state index in [0.717, 1.165) is 26.8 Å². The van der Waals surface area contributed by atoms with Crippen LogP contribution < -0.4 is 0 Å². The number of hydrogen-bond donors (Lipinski definition) is 0. The zero-order chi connectivity index (χ0) is 18.9. The molecule has 4 aromatic rings. The van der Waals surface area contributed by atoms with Crippen molar-refractivity contribution in [3.63, 3.8) is 0 Å². The van der Waals surface area contributed by atoms with Gasteiger partial charge in [-0.1, -0.05) is 27.7 Å². The van der Waals surface area contributed by atoms with E-state index in [1.165, 1.54) is 12.8 Å². The van der Waals surface area contributed by atoms with Gasteiger partial charge in [0.15, 0.2) is 5.16 Å². The Bertz CT molecular complexity index is 1070. The maximum Gasteiger partial charge on any atom is 0.247 e. The Hall–Kier alpha value is -2.39. The van der Waals surface area contributed by atoms with Gasteiger partial charge in [-0.3, -0.25) is 4.57 Å². The van der Waals surface area contributed by atoms with Crippen molar-refractivity contribution in [2.45, 2.75) is 36.2 Å². The Morgan fingerprint density at radius 1 is 1.07 bits per heavy atom. The highest BCUT2D eigenvalue weighted by molar-refractivity contribution is 9.10. The summed E-state index contributed by atoms with van der Waals surface area (Å²) in [5.74, 6) is 4.02. The molecule has 0 bridgehead atoms. The number of hydrogen-bond acceptors (Lipinski definition) is 7. The highest BCUT2D eigenvalue weighted by Gasteiger charge is 2.30. The van der Waals surface area contributed by atoms with Crippen LogP contribution >= 0.6 is 27.7 Å². The van der Waals surface area contributed by atoms with E-state index in [4.69, 9.17) is 8.83 Å². The average Bonchev–Trinajstić information content (AvgIpc) is 3.10. The van der Waals surface area contributed by atoms with E-state index in [1.807, 2.05) is 36.4 Å². The van der Waals surface area contributed by atoms with E-state index in [0.29, 0.717) is 30.0 Å². The molecule has 28 heavy (non-hydrogen) atoms. The second-order valence-electron chi connectivity index (χ2n) is 6.58. The molecule has 1 saturated carbocycles. The van der Waals surface area contributed by atoms with E-state index in [-0.39, 0.29) is 0 Å². The predicted octanol–water partition coefficient (Wildman–Crippen LogP) is 4.90. The second-order valence-corrected chi connectivity index (χ2v) is 8.44. The summed E-state index contributed by atoms with van der Waals surface area (Å²) >= 11 is 4.97. The average molecular weight is 458 g/mol. The lowest BCUT2D eigenvalue weighted by Crippen LogP contribution is -2.05. The van der Waals surface area contributed by atoms with Gasteiger partial charge in [0.2, 0.25) is 11.8 Å². The van der Waals surface area contributed by atoms with Crippen molar-refractivity contribution in [3.8, 4) is 11.5 Å². The van der Waals surface area contributed by atoms with E-state index in [9.17, 15) is 0 Å². The van der Waals surface area contributed by atoms with Crippen LogP contribution in [0.1, 0.15) is 36.2 Å². The number of benzene rings is 1. The van der Waals surface area contributed by atoms with Gasteiger partial charge in [-0.2, -0.15) is 0 Å². The van der Waals surface area contributed by atoms with Gasteiger partial charge >= 0.3 is 0 Å². The fourth-order valence-electron chi connectivity index (χ4n) is 2.90.